The molecule has 144 valence electrons. The highest BCUT2D eigenvalue weighted by atomic mass is 32.3. The van der Waals surface area contributed by atoms with Crippen molar-refractivity contribution in [2.24, 2.45) is 0 Å². The summed E-state index contributed by atoms with van der Waals surface area (Å²) in [6, 6.07) is 15.6. The van der Waals surface area contributed by atoms with Crippen molar-refractivity contribution in [3.05, 3.63) is 76.7 Å². The minimum Gasteiger partial charge on any atom is -0.289 e. The van der Waals surface area contributed by atoms with Gasteiger partial charge in [-0.05, 0) is 44.2 Å². The van der Waals surface area contributed by atoms with Gasteiger partial charge in [-0.2, -0.15) is 0 Å². The number of nitrogens with one attached hydrogen (secondary N) is 1. The van der Waals surface area contributed by atoms with E-state index in [1.807, 2.05) is 13.8 Å². The molecule has 0 aliphatic heterocycles. The van der Waals surface area contributed by atoms with Crippen molar-refractivity contribution in [3.8, 4) is 0 Å². The van der Waals surface area contributed by atoms with Crippen molar-refractivity contribution in [1.29, 1.82) is 0 Å². The molecule has 0 fully saturated rings. The van der Waals surface area contributed by atoms with Gasteiger partial charge in [-0.15, -0.1) is 10.6 Å². The number of aromatic amines is 1. The van der Waals surface area contributed by atoms with Crippen LogP contribution >= 0.6 is 21.2 Å². The Bertz CT molecular complexity index is 1020. The van der Waals surface area contributed by atoms with E-state index >= 15 is 0 Å². The average molecular weight is 410 g/mol. The number of H-pyrrole nitrogens is 1. The molecule has 27 heavy (non-hydrogen) atoms. The summed E-state index contributed by atoms with van der Waals surface area (Å²) in [5.74, 6) is 0. The molecule has 0 bridgehead atoms. The summed E-state index contributed by atoms with van der Waals surface area (Å²) in [5, 5.41) is 1.88. The third-order valence-electron chi connectivity index (χ3n) is 4.09. The van der Waals surface area contributed by atoms with Gasteiger partial charge in [-0.25, -0.2) is 0 Å². The monoisotopic (exact) mass is 409 g/mol. The van der Waals surface area contributed by atoms with E-state index < -0.39 is 21.2 Å². The van der Waals surface area contributed by atoms with E-state index in [0.29, 0.717) is 0 Å². The van der Waals surface area contributed by atoms with Crippen LogP contribution in [0.25, 0.3) is 0 Å². The molecule has 2 aromatic carbocycles. The van der Waals surface area contributed by atoms with Gasteiger partial charge in [0.25, 0.3) is 0 Å². The molecule has 0 spiro atoms. The van der Waals surface area contributed by atoms with Crippen LogP contribution in [0.1, 0.15) is 11.1 Å². The molecule has 0 amide bonds. The van der Waals surface area contributed by atoms with Crippen LogP contribution in [0.15, 0.2) is 80.5 Å². The largest absolute Gasteiger partial charge is 0.384 e. The van der Waals surface area contributed by atoms with E-state index in [2.05, 4.69) is 5.10 Å². The first-order valence-corrected chi connectivity index (χ1v) is 11.1. The maximum Gasteiger partial charge on any atom is 0.384 e. The SMILES string of the molecule is Cc1ccc(S(O)(O)c2ccc(S(O)(O)c3ccc(C)cc3)[n+](=O)[nH]2)cc1. The quantitative estimate of drug-likeness (QED) is 0.393. The lowest BCUT2D eigenvalue weighted by atomic mass is 10.2. The first-order valence-electron chi connectivity index (χ1n) is 7.98. The number of hydrogen-bond acceptors (Lipinski definition) is 5. The molecule has 9 heteroatoms. The molecular formula is C18H21N2O5S2+. The second kappa shape index (κ2) is 7.12. The molecule has 0 saturated carbocycles. The number of rotatable bonds is 4. The van der Waals surface area contributed by atoms with Crippen LogP contribution in [-0.2, 0) is 0 Å². The lowest BCUT2D eigenvalue weighted by Crippen LogP contribution is -2.28. The predicted molar refractivity (Wildman–Crippen MR) is 105 cm³/mol. The Labute approximate surface area is 159 Å². The van der Waals surface area contributed by atoms with Crippen LogP contribution in [0.3, 0.4) is 0 Å². The van der Waals surface area contributed by atoms with Gasteiger partial charge in [0.2, 0.25) is 0 Å². The van der Waals surface area contributed by atoms with Gasteiger partial charge in [0, 0.05) is 6.07 Å². The fraction of sp³-hybridized carbons (Fsp3) is 0.111. The van der Waals surface area contributed by atoms with E-state index in [1.165, 1.54) is 12.1 Å². The number of nitrogens with zero attached hydrogens (tertiary/aromatic N) is 1. The Morgan fingerprint density at radius 2 is 1.15 bits per heavy atom. The first-order chi connectivity index (χ1) is 12.6. The van der Waals surface area contributed by atoms with Gasteiger partial charge in [0.1, 0.15) is 0 Å². The highest BCUT2D eigenvalue weighted by Crippen LogP contribution is 2.56. The van der Waals surface area contributed by atoms with Crippen LogP contribution in [0.5, 0.6) is 0 Å². The van der Waals surface area contributed by atoms with Crippen molar-refractivity contribution >= 4 is 21.2 Å². The average Bonchev–Trinajstić information content (AvgIpc) is 2.62. The molecule has 3 rings (SSSR count). The Morgan fingerprint density at radius 1 is 0.704 bits per heavy atom. The zero-order valence-electron chi connectivity index (χ0n) is 14.7. The van der Waals surface area contributed by atoms with E-state index in [9.17, 15) is 23.1 Å². The third-order valence-corrected chi connectivity index (χ3v) is 7.67. The molecule has 0 radical (unpaired) electrons. The van der Waals surface area contributed by atoms with E-state index in [-0.39, 0.29) is 24.4 Å². The minimum absolute atomic E-state index is 0.121. The second-order valence-electron chi connectivity index (χ2n) is 6.17. The summed E-state index contributed by atoms with van der Waals surface area (Å²) in [6.45, 7) is 3.74. The lowest BCUT2D eigenvalue weighted by Gasteiger charge is -2.31. The highest BCUT2D eigenvalue weighted by Gasteiger charge is 2.32. The van der Waals surface area contributed by atoms with Gasteiger partial charge < -0.3 is 0 Å². The van der Waals surface area contributed by atoms with Gasteiger partial charge in [0.15, 0.2) is 9.57 Å². The molecule has 0 unspecified atom stereocenters. The van der Waals surface area contributed by atoms with Gasteiger partial charge in [-0.1, -0.05) is 51.1 Å². The van der Waals surface area contributed by atoms with Crippen molar-refractivity contribution in [2.75, 3.05) is 0 Å². The Hall–Kier alpha value is -2.14. The Morgan fingerprint density at radius 3 is 1.59 bits per heavy atom. The fourth-order valence-electron chi connectivity index (χ4n) is 2.48. The van der Waals surface area contributed by atoms with E-state index in [4.69, 9.17) is 0 Å². The van der Waals surface area contributed by atoms with Gasteiger partial charge >= 0.3 is 5.03 Å². The van der Waals surface area contributed by atoms with Crippen LogP contribution < -0.4 is 4.54 Å². The van der Waals surface area contributed by atoms with Crippen molar-refractivity contribution < 1.29 is 22.8 Å². The van der Waals surface area contributed by atoms with Gasteiger partial charge in [0.05, 0.1) is 14.7 Å². The van der Waals surface area contributed by atoms with E-state index in [1.54, 1.807) is 48.5 Å². The molecule has 0 saturated heterocycles. The molecule has 0 aliphatic carbocycles. The second-order valence-corrected chi connectivity index (χ2v) is 10.2. The summed E-state index contributed by atoms with van der Waals surface area (Å²) in [4.78, 5) is 12.9. The molecule has 5 N–H and O–H groups in total. The minimum atomic E-state index is -3.55. The number of benzene rings is 2. The molecule has 0 atom stereocenters. The summed E-state index contributed by atoms with van der Waals surface area (Å²) < 4.78 is 42.4. The third kappa shape index (κ3) is 3.79. The maximum atomic E-state index is 12.4. The molecule has 1 heterocycles. The fourth-order valence-corrected chi connectivity index (χ4v) is 5.01. The summed E-state index contributed by atoms with van der Waals surface area (Å²) >= 11 is 0. The highest BCUT2D eigenvalue weighted by molar-refractivity contribution is 8.24. The van der Waals surface area contributed by atoms with Crippen LogP contribution in [0.2, 0.25) is 0 Å². The Balaban J connectivity index is 2.01. The first kappa shape index (κ1) is 19.6. The molecule has 1 aromatic heterocycles. The molecule has 7 nitrogen and oxygen atoms in total. The van der Waals surface area contributed by atoms with Crippen molar-refractivity contribution in [3.63, 3.8) is 0 Å². The number of aryl methyl sites for hydroxylation is 2. The topological polar surface area (TPSA) is 120 Å². The zero-order chi connectivity index (χ0) is 19.8. The summed E-state index contributed by atoms with van der Waals surface area (Å²) in [5.41, 5.74) is 1.90. The predicted octanol–water partition coefficient (Wildman–Crippen LogP) is 4.88. The molecule has 3 aromatic rings. The number of hydrogen-bond donors (Lipinski definition) is 5. The van der Waals surface area contributed by atoms with Crippen LogP contribution in [-0.4, -0.2) is 23.3 Å². The van der Waals surface area contributed by atoms with Gasteiger partial charge in [-0.3, -0.25) is 18.2 Å². The maximum absolute atomic E-state index is 12.4. The zero-order valence-corrected chi connectivity index (χ0v) is 16.4. The summed E-state index contributed by atoms with van der Waals surface area (Å²) in [6.07, 6.45) is 0. The van der Waals surface area contributed by atoms with Crippen LogP contribution in [0, 0.1) is 18.8 Å². The molecule has 0 aliphatic rings. The van der Waals surface area contributed by atoms with Crippen molar-refractivity contribution in [1.82, 2.24) is 5.10 Å². The van der Waals surface area contributed by atoms with Crippen molar-refractivity contribution in [2.45, 2.75) is 33.7 Å². The smallest absolute Gasteiger partial charge is 0.289 e. The van der Waals surface area contributed by atoms with Crippen LogP contribution in [0.4, 0.5) is 0 Å². The molecular weight excluding hydrogens is 388 g/mol. The standard InChI is InChI=1S/C18H20N2O5S2/c1-13-3-7-15(8-4-13)26(22,23)17-11-12-18(20(21)19-17)27(24,25)16-9-5-14(2)6-10-16/h3-12H,1-2H3,(H4-,19,21,22,23,24,25)/p+1. The normalized spacial score (nSPS) is 13.4. The van der Waals surface area contributed by atoms with E-state index in [0.717, 1.165) is 11.1 Å². The summed E-state index contributed by atoms with van der Waals surface area (Å²) in [7, 11) is -6.99. The Kier molecular flexibility index (Phi) is 5.17. The lowest BCUT2D eigenvalue weighted by molar-refractivity contribution is -0.610. The number of aromatic nitrogens is 2.